The lowest BCUT2D eigenvalue weighted by Crippen LogP contribution is -2.16. The third-order valence-corrected chi connectivity index (χ3v) is 7.73. The Labute approximate surface area is 169 Å². The highest BCUT2D eigenvalue weighted by Gasteiger charge is 2.12. The van der Waals surface area contributed by atoms with Crippen molar-refractivity contribution < 1.29 is 9.59 Å². The van der Waals surface area contributed by atoms with Crippen LogP contribution in [0.3, 0.4) is 0 Å². The Bertz CT molecular complexity index is 660. The minimum Gasteiger partial charge on any atom is -0.325 e. The lowest BCUT2D eigenvalue weighted by molar-refractivity contribution is -0.114. The van der Waals surface area contributed by atoms with E-state index in [0.29, 0.717) is 22.9 Å². The van der Waals surface area contributed by atoms with E-state index in [4.69, 9.17) is 0 Å². The molecular weight excluding hydrogens is 408 g/mol. The molecule has 138 valence electrons. The first-order valence-corrected chi connectivity index (χ1v) is 11.9. The van der Waals surface area contributed by atoms with Gasteiger partial charge in [0, 0.05) is 22.9 Å². The maximum Gasteiger partial charge on any atom is 0.234 e. The summed E-state index contributed by atoms with van der Waals surface area (Å²) in [4.78, 5) is 32.5. The Kier molecular flexibility index (Phi) is 7.78. The van der Waals surface area contributed by atoms with Gasteiger partial charge in [-0.15, -0.1) is 0 Å². The summed E-state index contributed by atoms with van der Waals surface area (Å²) >= 11 is 6.32. The second-order valence-electron chi connectivity index (χ2n) is 5.24. The van der Waals surface area contributed by atoms with Crippen LogP contribution in [0, 0.1) is 0 Å². The smallest absolute Gasteiger partial charge is 0.234 e. The summed E-state index contributed by atoms with van der Waals surface area (Å²) < 4.78 is 1.97. The first-order valence-electron chi connectivity index (χ1n) is 7.99. The molecular formula is C16H18N4O2S4. The number of anilines is 2. The lowest BCUT2D eigenvalue weighted by atomic mass is 10.3. The van der Waals surface area contributed by atoms with Crippen LogP contribution >= 0.6 is 47.0 Å². The van der Waals surface area contributed by atoms with Crippen molar-refractivity contribution in [2.45, 2.75) is 0 Å². The molecule has 10 heteroatoms. The monoisotopic (exact) mass is 426 g/mol. The summed E-state index contributed by atoms with van der Waals surface area (Å²) in [6.07, 6.45) is 0. The lowest BCUT2D eigenvalue weighted by Gasteiger charge is -2.08. The van der Waals surface area contributed by atoms with Crippen molar-refractivity contribution in [2.24, 2.45) is 9.98 Å². The molecule has 1 aromatic rings. The molecule has 2 N–H and O–H groups in total. The number of nitrogens with one attached hydrogen (secondary N) is 2. The molecule has 0 saturated carbocycles. The van der Waals surface area contributed by atoms with Crippen LogP contribution < -0.4 is 10.6 Å². The van der Waals surface area contributed by atoms with Gasteiger partial charge in [0.05, 0.1) is 24.6 Å². The fraction of sp³-hybridized carbons (Fsp3) is 0.375. The molecule has 0 aromatic heterocycles. The van der Waals surface area contributed by atoms with Gasteiger partial charge < -0.3 is 10.6 Å². The zero-order chi connectivity index (χ0) is 18.2. The highest BCUT2D eigenvalue weighted by Crippen LogP contribution is 2.23. The predicted octanol–water partition coefficient (Wildman–Crippen LogP) is 3.24. The van der Waals surface area contributed by atoms with Gasteiger partial charge in [-0.3, -0.25) is 19.6 Å². The van der Waals surface area contributed by atoms with Gasteiger partial charge in [-0.2, -0.15) is 0 Å². The average Bonchev–Trinajstić information content (AvgIpc) is 3.34. The Morgan fingerprint density at radius 2 is 1.27 bits per heavy atom. The summed E-state index contributed by atoms with van der Waals surface area (Å²) in [5.41, 5.74) is 1.42. The highest BCUT2D eigenvalue weighted by molar-refractivity contribution is 8.39. The first-order chi connectivity index (χ1) is 12.7. The number of hydrogen-bond acceptors (Lipinski definition) is 8. The number of aliphatic imine (C=N–C) groups is 2. The van der Waals surface area contributed by atoms with Crippen LogP contribution in [0.25, 0.3) is 0 Å². The number of amides is 2. The molecule has 2 heterocycles. The van der Waals surface area contributed by atoms with Gasteiger partial charge in [0.25, 0.3) is 0 Å². The predicted molar refractivity (Wildman–Crippen MR) is 118 cm³/mol. The largest absolute Gasteiger partial charge is 0.325 e. The molecule has 3 rings (SSSR count). The molecule has 0 fully saturated rings. The van der Waals surface area contributed by atoms with Gasteiger partial charge in [0.2, 0.25) is 11.8 Å². The maximum absolute atomic E-state index is 12.0. The zero-order valence-corrected chi connectivity index (χ0v) is 17.2. The second kappa shape index (κ2) is 10.3. The van der Waals surface area contributed by atoms with Crippen molar-refractivity contribution in [2.75, 3.05) is 46.7 Å². The van der Waals surface area contributed by atoms with Gasteiger partial charge >= 0.3 is 0 Å². The van der Waals surface area contributed by atoms with Gasteiger partial charge in [0.15, 0.2) is 0 Å². The quantitative estimate of drug-likeness (QED) is 0.727. The van der Waals surface area contributed by atoms with Crippen molar-refractivity contribution in [1.82, 2.24) is 0 Å². The Balaban J connectivity index is 1.39. The van der Waals surface area contributed by atoms with Gasteiger partial charge in [0.1, 0.15) is 8.75 Å². The molecule has 0 aliphatic carbocycles. The minimum absolute atomic E-state index is 0.0618. The molecule has 26 heavy (non-hydrogen) atoms. The molecule has 6 nitrogen and oxygen atoms in total. The fourth-order valence-corrected chi connectivity index (χ4v) is 5.71. The molecule has 0 atom stereocenters. The Morgan fingerprint density at radius 3 is 1.62 bits per heavy atom. The molecule has 0 unspecified atom stereocenters. The van der Waals surface area contributed by atoms with Crippen molar-refractivity contribution >= 4 is 79.0 Å². The van der Waals surface area contributed by atoms with E-state index in [9.17, 15) is 9.59 Å². The van der Waals surface area contributed by atoms with Gasteiger partial charge in [-0.05, 0) is 24.3 Å². The summed E-state index contributed by atoms with van der Waals surface area (Å²) in [6, 6.07) is 7.13. The van der Waals surface area contributed by atoms with E-state index in [2.05, 4.69) is 20.6 Å². The number of carbonyl (C=O) groups excluding carboxylic acids is 2. The van der Waals surface area contributed by atoms with E-state index < -0.39 is 0 Å². The summed E-state index contributed by atoms with van der Waals surface area (Å²) in [6.45, 7) is 1.68. The molecule has 1 aromatic carbocycles. The number of nitrogens with zero attached hydrogens (tertiary/aromatic N) is 2. The van der Waals surface area contributed by atoms with E-state index in [1.165, 1.54) is 23.5 Å². The Hall–Kier alpha value is -1.10. The summed E-state index contributed by atoms with van der Waals surface area (Å²) in [5.74, 6) is 2.58. The van der Waals surface area contributed by atoms with Crippen LogP contribution in [-0.4, -0.2) is 56.7 Å². The molecule has 2 aliphatic rings. The van der Waals surface area contributed by atoms with Crippen LogP contribution in [0.4, 0.5) is 11.4 Å². The summed E-state index contributed by atoms with van der Waals surface area (Å²) in [7, 11) is 0. The summed E-state index contributed by atoms with van der Waals surface area (Å²) in [5, 5.41) is 5.70. The van der Waals surface area contributed by atoms with Crippen LogP contribution in [0.2, 0.25) is 0 Å². The van der Waals surface area contributed by atoms with E-state index in [0.717, 1.165) is 33.3 Å². The van der Waals surface area contributed by atoms with E-state index in [1.807, 2.05) is 0 Å². The van der Waals surface area contributed by atoms with E-state index >= 15 is 0 Å². The third-order valence-electron chi connectivity index (χ3n) is 3.22. The molecule has 0 radical (unpaired) electrons. The van der Waals surface area contributed by atoms with Gasteiger partial charge in [-0.25, -0.2) is 0 Å². The minimum atomic E-state index is -0.0618. The maximum atomic E-state index is 12.0. The number of carbonyl (C=O) groups is 2. The normalized spacial score (nSPS) is 16.2. The molecule has 0 spiro atoms. The zero-order valence-electron chi connectivity index (χ0n) is 13.9. The standard InChI is InChI=1S/C16H18N4O2S4/c21-13(9-25-15-17-5-7-23-15)19-11-1-2-12(4-3-11)20-14(22)10-26-16-18-6-8-24-16/h1-4H,5-10H2,(H,19,21)(H,20,22). The Morgan fingerprint density at radius 1 is 0.846 bits per heavy atom. The topological polar surface area (TPSA) is 82.9 Å². The number of rotatable bonds is 6. The molecule has 2 amide bonds. The molecule has 0 bridgehead atoms. The number of benzene rings is 1. The van der Waals surface area contributed by atoms with Crippen LogP contribution in [0.1, 0.15) is 0 Å². The van der Waals surface area contributed by atoms with Gasteiger partial charge in [-0.1, -0.05) is 47.0 Å². The van der Waals surface area contributed by atoms with Crippen molar-refractivity contribution in [3.05, 3.63) is 24.3 Å². The van der Waals surface area contributed by atoms with Crippen LogP contribution in [-0.2, 0) is 9.59 Å². The highest BCUT2D eigenvalue weighted by atomic mass is 32.2. The fourth-order valence-electron chi connectivity index (χ4n) is 2.09. The van der Waals surface area contributed by atoms with Crippen molar-refractivity contribution in [1.29, 1.82) is 0 Å². The third kappa shape index (κ3) is 6.57. The van der Waals surface area contributed by atoms with Crippen molar-refractivity contribution in [3.8, 4) is 0 Å². The molecule has 2 aliphatic heterocycles. The van der Waals surface area contributed by atoms with E-state index in [1.54, 1.807) is 47.8 Å². The number of hydrogen-bond donors (Lipinski definition) is 2. The van der Waals surface area contributed by atoms with Crippen molar-refractivity contribution in [3.63, 3.8) is 0 Å². The average molecular weight is 427 g/mol. The molecule has 0 saturated heterocycles. The van der Waals surface area contributed by atoms with E-state index in [-0.39, 0.29) is 11.8 Å². The van der Waals surface area contributed by atoms with Crippen LogP contribution in [0.15, 0.2) is 34.3 Å². The SMILES string of the molecule is O=C(CSC1=NCCS1)Nc1ccc(NC(=O)CSC2=NCCS2)cc1. The number of thioether (sulfide) groups is 4. The second-order valence-corrected chi connectivity index (χ2v) is 9.86. The first kappa shape index (κ1) is 19.7. The van der Waals surface area contributed by atoms with Crippen LogP contribution in [0.5, 0.6) is 0 Å².